The highest BCUT2D eigenvalue weighted by Gasteiger charge is 2.25. The molecule has 1 N–H and O–H groups in total. The second-order valence-electron chi connectivity index (χ2n) is 6.80. The van der Waals surface area contributed by atoms with E-state index in [-0.39, 0.29) is 11.8 Å². The lowest BCUT2D eigenvalue weighted by Crippen LogP contribution is -2.48. The summed E-state index contributed by atoms with van der Waals surface area (Å²) in [6, 6.07) is 20.2. The maximum absolute atomic E-state index is 13.2. The van der Waals surface area contributed by atoms with Crippen LogP contribution in [0.15, 0.2) is 72.1 Å². The van der Waals surface area contributed by atoms with Crippen molar-refractivity contribution in [1.82, 2.24) is 10.2 Å². The molecule has 0 aliphatic carbocycles. The first-order valence-corrected chi connectivity index (χ1v) is 10.1. The van der Waals surface area contributed by atoms with Gasteiger partial charge in [0.1, 0.15) is 6.04 Å². The summed E-state index contributed by atoms with van der Waals surface area (Å²) in [6.45, 7) is 2.58. The van der Waals surface area contributed by atoms with Crippen molar-refractivity contribution in [1.29, 1.82) is 0 Å². The first kappa shape index (κ1) is 19.8. The Kier molecular flexibility index (Phi) is 6.61. The molecule has 1 aromatic heterocycles. The zero-order valence-corrected chi connectivity index (χ0v) is 16.9. The van der Waals surface area contributed by atoms with Gasteiger partial charge >= 0.3 is 0 Å². The molecule has 0 radical (unpaired) electrons. The van der Waals surface area contributed by atoms with Crippen LogP contribution in [-0.4, -0.2) is 29.8 Å². The standard InChI is InChI=1S/C23H24N2O2S/c1-17-13-14-28-21(17)16-25(2)23(27)20(15-18-9-5-3-6-10-18)24-22(26)19-11-7-4-8-12-19/h3-14,20H,15-16H2,1-2H3,(H,24,26). The molecule has 0 saturated carbocycles. The van der Waals surface area contributed by atoms with Gasteiger partial charge in [0.2, 0.25) is 5.91 Å². The van der Waals surface area contributed by atoms with Crippen LogP contribution in [0.5, 0.6) is 0 Å². The molecular formula is C23H24N2O2S. The molecule has 1 atom stereocenters. The fourth-order valence-corrected chi connectivity index (χ4v) is 3.96. The number of hydrogen-bond donors (Lipinski definition) is 1. The smallest absolute Gasteiger partial charge is 0.251 e. The number of hydrogen-bond acceptors (Lipinski definition) is 3. The highest BCUT2D eigenvalue weighted by atomic mass is 32.1. The lowest BCUT2D eigenvalue weighted by molar-refractivity contribution is -0.132. The number of benzene rings is 2. The lowest BCUT2D eigenvalue weighted by atomic mass is 10.0. The molecule has 0 fully saturated rings. The Labute approximate surface area is 169 Å². The van der Waals surface area contributed by atoms with Crippen LogP contribution >= 0.6 is 11.3 Å². The monoisotopic (exact) mass is 392 g/mol. The molecule has 0 spiro atoms. The van der Waals surface area contributed by atoms with Crippen LogP contribution in [-0.2, 0) is 17.8 Å². The van der Waals surface area contributed by atoms with Crippen LogP contribution in [0.3, 0.4) is 0 Å². The number of carbonyl (C=O) groups is 2. The molecule has 2 aromatic carbocycles. The van der Waals surface area contributed by atoms with Crippen LogP contribution in [0.1, 0.15) is 26.4 Å². The summed E-state index contributed by atoms with van der Waals surface area (Å²) in [6.07, 6.45) is 0.450. The Bertz CT molecular complexity index is 922. The number of thiophene rings is 1. The van der Waals surface area contributed by atoms with Gasteiger partial charge in [0, 0.05) is 23.9 Å². The van der Waals surface area contributed by atoms with Crippen LogP contribution < -0.4 is 5.32 Å². The number of nitrogens with zero attached hydrogens (tertiary/aromatic N) is 1. The van der Waals surface area contributed by atoms with Crippen molar-refractivity contribution in [3.05, 3.63) is 93.7 Å². The van der Waals surface area contributed by atoms with Gasteiger partial charge in [0.25, 0.3) is 5.91 Å². The molecule has 1 unspecified atom stereocenters. The van der Waals surface area contributed by atoms with E-state index in [9.17, 15) is 9.59 Å². The number of likely N-dealkylation sites (N-methyl/N-ethyl adjacent to an activating group) is 1. The van der Waals surface area contributed by atoms with Crippen LogP contribution in [0, 0.1) is 6.92 Å². The fraction of sp³-hybridized carbons (Fsp3) is 0.217. The lowest BCUT2D eigenvalue weighted by Gasteiger charge is -2.25. The van der Waals surface area contributed by atoms with Crippen molar-refractivity contribution in [2.24, 2.45) is 0 Å². The van der Waals surface area contributed by atoms with E-state index in [4.69, 9.17) is 0 Å². The quantitative estimate of drug-likeness (QED) is 0.659. The average Bonchev–Trinajstić information content (AvgIpc) is 3.12. The molecule has 3 aromatic rings. The minimum Gasteiger partial charge on any atom is -0.340 e. The van der Waals surface area contributed by atoms with Gasteiger partial charge in [0.15, 0.2) is 0 Å². The summed E-state index contributed by atoms with van der Waals surface area (Å²) in [4.78, 5) is 28.7. The predicted molar refractivity (Wildman–Crippen MR) is 113 cm³/mol. The SMILES string of the molecule is Cc1ccsc1CN(C)C(=O)C(Cc1ccccc1)NC(=O)c1ccccc1. The minimum atomic E-state index is -0.625. The number of carbonyl (C=O) groups excluding carboxylic acids is 2. The summed E-state index contributed by atoms with van der Waals surface area (Å²) >= 11 is 1.64. The fourth-order valence-electron chi connectivity index (χ4n) is 3.01. The molecule has 2 amide bonds. The van der Waals surface area contributed by atoms with E-state index in [0.29, 0.717) is 18.5 Å². The third-order valence-electron chi connectivity index (χ3n) is 4.65. The van der Waals surface area contributed by atoms with E-state index in [1.807, 2.05) is 60.8 Å². The average molecular weight is 393 g/mol. The van der Waals surface area contributed by atoms with E-state index >= 15 is 0 Å². The molecule has 0 bridgehead atoms. The molecule has 0 saturated heterocycles. The van der Waals surface area contributed by atoms with E-state index in [0.717, 1.165) is 10.4 Å². The van der Waals surface area contributed by atoms with E-state index in [1.54, 1.807) is 35.4 Å². The second-order valence-corrected chi connectivity index (χ2v) is 7.80. The molecular weight excluding hydrogens is 368 g/mol. The number of rotatable bonds is 7. The van der Waals surface area contributed by atoms with Gasteiger partial charge in [-0.15, -0.1) is 11.3 Å². The van der Waals surface area contributed by atoms with Gasteiger partial charge in [-0.25, -0.2) is 0 Å². The molecule has 144 valence electrons. The first-order valence-electron chi connectivity index (χ1n) is 9.22. The van der Waals surface area contributed by atoms with Crippen molar-refractivity contribution in [3.63, 3.8) is 0 Å². The molecule has 0 aliphatic heterocycles. The van der Waals surface area contributed by atoms with E-state index < -0.39 is 6.04 Å². The van der Waals surface area contributed by atoms with Crippen molar-refractivity contribution in [2.45, 2.75) is 25.9 Å². The number of nitrogens with one attached hydrogen (secondary N) is 1. The number of amides is 2. The predicted octanol–water partition coefficient (Wildman–Crippen LogP) is 4.06. The largest absolute Gasteiger partial charge is 0.340 e. The van der Waals surface area contributed by atoms with Crippen LogP contribution in [0.4, 0.5) is 0 Å². The highest BCUT2D eigenvalue weighted by molar-refractivity contribution is 7.10. The van der Waals surface area contributed by atoms with Crippen molar-refractivity contribution < 1.29 is 9.59 Å². The summed E-state index contributed by atoms with van der Waals surface area (Å²) in [5.74, 6) is -0.337. The van der Waals surface area contributed by atoms with E-state index in [2.05, 4.69) is 11.4 Å². The summed E-state index contributed by atoms with van der Waals surface area (Å²) in [7, 11) is 1.79. The van der Waals surface area contributed by atoms with Gasteiger partial charge in [-0.05, 0) is 41.6 Å². The van der Waals surface area contributed by atoms with Gasteiger partial charge in [-0.2, -0.15) is 0 Å². The Morgan fingerprint density at radius 1 is 1.00 bits per heavy atom. The highest BCUT2D eigenvalue weighted by Crippen LogP contribution is 2.18. The zero-order valence-electron chi connectivity index (χ0n) is 16.1. The zero-order chi connectivity index (χ0) is 19.9. The maximum atomic E-state index is 13.2. The van der Waals surface area contributed by atoms with Gasteiger partial charge in [-0.1, -0.05) is 48.5 Å². The molecule has 5 heteroatoms. The Morgan fingerprint density at radius 2 is 1.64 bits per heavy atom. The number of aryl methyl sites for hydroxylation is 1. The summed E-state index contributed by atoms with van der Waals surface area (Å²) in [5.41, 5.74) is 2.73. The summed E-state index contributed by atoms with van der Waals surface area (Å²) in [5, 5.41) is 4.96. The maximum Gasteiger partial charge on any atom is 0.251 e. The van der Waals surface area contributed by atoms with Crippen molar-refractivity contribution >= 4 is 23.2 Å². The molecule has 4 nitrogen and oxygen atoms in total. The van der Waals surface area contributed by atoms with Crippen LogP contribution in [0.2, 0.25) is 0 Å². The van der Waals surface area contributed by atoms with Crippen LogP contribution in [0.25, 0.3) is 0 Å². The Hall–Kier alpha value is -2.92. The van der Waals surface area contributed by atoms with Crippen molar-refractivity contribution in [3.8, 4) is 0 Å². The summed E-state index contributed by atoms with van der Waals surface area (Å²) < 4.78 is 0. The molecule has 1 heterocycles. The molecule has 3 rings (SSSR count). The minimum absolute atomic E-state index is 0.0964. The van der Waals surface area contributed by atoms with E-state index in [1.165, 1.54) is 5.56 Å². The normalized spacial score (nSPS) is 11.6. The topological polar surface area (TPSA) is 49.4 Å². The Morgan fingerprint density at radius 3 is 2.25 bits per heavy atom. The van der Waals surface area contributed by atoms with Gasteiger partial charge in [0.05, 0.1) is 6.54 Å². The third-order valence-corrected chi connectivity index (χ3v) is 5.65. The third kappa shape index (κ3) is 5.08. The molecule has 0 aliphatic rings. The Balaban J connectivity index is 1.77. The first-order chi connectivity index (χ1) is 13.5. The van der Waals surface area contributed by atoms with Gasteiger partial charge in [-0.3, -0.25) is 9.59 Å². The second kappa shape index (κ2) is 9.33. The molecule has 28 heavy (non-hydrogen) atoms. The van der Waals surface area contributed by atoms with Crippen molar-refractivity contribution in [2.75, 3.05) is 7.05 Å². The van der Waals surface area contributed by atoms with Gasteiger partial charge < -0.3 is 10.2 Å².